The van der Waals surface area contributed by atoms with E-state index in [0.29, 0.717) is 9.88 Å². The molecule has 0 radical (unpaired) electrons. The smallest absolute Gasteiger partial charge is 0.278 e. The van der Waals surface area contributed by atoms with Crippen molar-refractivity contribution in [2.24, 2.45) is 5.73 Å². The normalized spacial score (nSPS) is 12.9. The zero-order valence-electron chi connectivity index (χ0n) is 15.7. The average Bonchev–Trinajstić information content (AvgIpc) is 3.19. The van der Waals surface area contributed by atoms with E-state index >= 15 is 0 Å². The summed E-state index contributed by atoms with van der Waals surface area (Å²) in [6, 6.07) is 2.52. The zero-order chi connectivity index (χ0) is 21.3. The first-order valence-electron chi connectivity index (χ1n) is 8.66. The number of aromatic nitrogens is 1. The number of hydrogen-bond donors (Lipinski definition) is 3. The van der Waals surface area contributed by atoms with Gasteiger partial charge in [0.1, 0.15) is 17.4 Å². The third-order valence-electron chi connectivity index (χ3n) is 4.41. The number of furan rings is 1. The van der Waals surface area contributed by atoms with Crippen molar-refractivity contribution in [3.05, 3.63) is 51.2 Å². The number of nitrogens with two attached hydrogens (primary N) is 1. The first-order chi connectivity index (χ1) is 13.6. The first-order valence-corrected chi connectivity index (χ1v) is 9.48. The van der Waals surface area contributed by atoms with Crippen LogP contribution < -0.4 is 11.1 Å². The van der Waals surface area contributed by atoms with Crippen LogP contribution >= 0.6 is 11.3 Å². The van der Waals surface area contributed by atoms with E-state index < -0.39 is 36.8 Å². The van der Waals surface area contributed by atoms with E-state index in [2.05, 4.69) is 10.3 Å². The van der Waals surface area contributed by atoms with E-state index in [9.17, 15) is 23.5 Å². The van der Waals surface area contributed by atoms with E-state index in [0.717, 1.165) is 0 Å². The Kier molecular flexibility index (Phi) is 5.67. The van der Waals surface area contributed by atoms with Crippen LogP contribution in [0.15, 0.2) is 28.8 Å². The minimum Gasteiger partial charge on any atom is -0.461 e. The molecule has 0 unspecified atom stereocenters. The van der Waals surface area contributed by atoms with Gasteiger partial charge < -0.3 is 20.6 Å². The van der Waals surface area contributed by atoms with Crippen molar-refractivity contribution in [2.45, 2.75) is 32.2 Å². The molecule has 0 saturated heterocycles. The number of rotatable bonds is 7. The number of fused-ring (bicyclic) bond motifs is 1. The topological polar surface area (TPSA) is 118 Å². The van der Waals surface area contributed by atoms with Crippen LogP contribution in [0, 0.1) is 13.8 Å². The summed E-state index contributed by atoms with van der Waals surface area (Å²) in [6.07, 6.45) is 0.906. The molecule has 0 aliphatic carbocycles. The third kappa shape index (κ3) is 4.28. The molecule has 7 nitrogen and oxygen atoms in total. The number of amides is 2. The number of aryl methyl sites for hydroxylation is 2. The van der Waals surface area contributed by atoms with Crippen LogP contribution in [-0.4, -0.2) is 34.6 Å². The van der Waals surface area contributed by atoms with E-state index in [4.69, 9.17) is 10.2 Å². The molecule has 0 bridgehead atoms. The van der Waals surface area contributed by atoms with Crippen LogP contribution in [0.4, 0.5) is 8.78 Å². The highest BCUT2D eigenvalue weighted by molar-refractivity contribution is 7.11. The van der Waals surface area contributed by atoms with Gasteiger partial charge in [0.15, 0.2) is 0 Å². The Bertz CT molecular complexity index is 1080. The molecule has 0 spiro atoms. The molecule has 0 saturated carbocycles. The van der Waals surface area contributed by atoms with Gasteiger partial charge in [-0.2, -0.15) is 0 Å². The van der Waals surface area contributed by atoms with Gasteiger partial charge in [0, 0.05) is 22.0 Å². The number of nitrogens with one attached hydrogen (secondary N) is 1. The van der Waals surface area contributed by atoms with Crippen LogP contribution in [0.5, 0.6) is 0 Å². The lowest BCUT2D eigenvalue weighted by Crippen LogP contribution is -2.46. The van der Waals surface area contributed by atoms with Crippen LogP contribution in [-0.2, 0) is 17.1 Å². The number of halogens is 2. The van der Waals surface area contributed by atoms with Gasteiger partial charge in [-0.05, 0) is 32.0 Å². The largest absolute Gasteiger partial charge is 0.461 e. The number of aliphatic hydroxyl groups is 1. The summed E-state index contributed by atoms with van der Waals surface area (Å²) in [5, 5.41) is 12.3. The molecule has 2 amide bonds. The van der Waals surface area contributed by atoms with E-state index in [-0.39, 0.29) is 27.9 Å². The van der Waals surface area contributed by atoms with Crippen molar-refractivity contribution >= 4 is 34.1 Å². The monoisotopic (exact) mass is 423 g/mol. The number of carbonyl (C=O) groups excluding carboxylic acids is 2. The Balaban J connectivity index is 1.97. The molecule has 154 valence electrons. The van der Waals surface area contributed by atoms with Crippen molar-refractivity contribution in [3.63, 3.8) is 0 Å². The summed E-state index contributed by atoms with van der Waals surface area (Å²) < 4.78 is 35.2. The summed E-state index contributed by atoms with van der Waals surface area (Å²) in [5.41, 5.74) is 5.09. The second-order valence-corrected chi connectivity index (χ2v) is 7.90. The van der Waals surface area contributed by atoms with E-state index in [1.54, 1.807) is 6.92 Å². The van der Waals surface area contributed by atoms with Gasteiger partial charge in [0.25, 0.3) is 11.8 Å². The Morgan fingerprint density at radius 3 is 2.69 bits per heavy atom. The molecule has 1 aromatic carbocycles. The molecule has 2 heterocycles. The summed E-state index contributed by atoms with van der Waals surface area (Å²) in [4.78, 5) is 28.3. The van der Waals surface area contributed by atoms with E-state index in [1.807, 2.05) is 0 Å². The van der Waals surface area contributed by atoms with Gasteiger partial charge in [-0.1, -0.05) is 0 Å². The number of nitrogens with zero attached hydrogens (tertiary/aromatic N) is 1. The standard InChI is InChI=1S/C19H19F2N3O4S/c1-9-16(18(27)24-14(8-25)17(22)26)13-5-11(3-4-15(13)28-9)19(20,21)6-12-7-23-10(2)29-12/h3-5,7,14,25H,6,8H2,1-2H3,(H2,22,26)(H,24,27)/t14-/m0/s1. The lowest BCUT2D eigenvalue weighted by Gasteiger charge is -2.16. The fourth-order valence-corrected chi connectivity index (χ4v) is 3.82. The summed E-state index contributed by atoms with van der Waals surface area (Å²) in [7, 11) is 0. The molecule has 3 rings (SSSR count). The van der Waals surface area contributed by atoms with Crippen LogP contribution in [0.2, 0.25) is 0 Å². The Morgan fingerprint density at radius 1 is 1.38 bits per heavy atom. The molecule has 3 aromatic rings. The Hall–Kier alpha value is -2.85. The Morgan fingerprint density at radius 2 is 2.10 bits per heavy atom. The van der Waals surface area contributed by atoms with Gasteiger partial charge in [0.2, 0.25) is 5.91 Å². The highest BCUT2D eigenvalue weighted by Crippen LogP contribution is 2.36. The lowest BCUT2D eigenvalue weighted by atomic mass is 10.0. The maximum Gasteiger partial charge on any atom is 0.278 e. The SMILES string of the molecule is Cc1ncc(CC(F)(F)c2ccc3oc(C)c(C(=O)N[C@@H](CO)C(N)=O)c3c2)s1. The van der Waals surface area contributed by atoms with Crippen molar-refractivity contribution in [3.8, 4) is 0 Å². The lowest BCUT2D eigenvalue weighted by molar-refractivity contribution is -0.120. The second-order valence-electron chi connectivity index (χ2n) is 6.58. The van der Waals surface area contributed by atoms with Crippen LogP contribution in [0.1, 0.15) is 31.6 Å². The third-order valence-corrected chi connectivity index (χ3v) is 5.32. The molecule has 1 atom stereocenters. The van der Waals surface area contributed by atoms with Gasteiger partial charge in [0.05, 0.1) is 23.6 Å². The van der Waals surface area contributed by atoms with E-state index in [1.165, 1.54) is 42.7 Å². The highest BCUT2D eigenvalue weighted by Gasteiger charge is 2.34. The van der Waals surface area contributed by atoms with Crippen molar-refractivity contribution in [1.29, 1.82) is 0 Å². The van der Waals surface area contributed by atoms with Crippen molar-refractivity contribution in [1.82, 2.24) is 10.3 Å². The summed E-state index contributed by atoms with van der Waals surface area (Å²) >= 11 is 1.20. The van der Waals surface area contributed by atoms with Gasteiger partial charge in [-0.3, -0.25) is 9.59 Å². The van der Waals surface area contributed by atoms with Gasteiger partial charge >= 0.3 is 0 Å². The van der Waals surface area contributed by atoms with Crippen molar-refractivity contribution in [2.75, 3.05) is 6.61 Å². The predicted molar refractivity (Wildman–Crippen MR) is 103 cm³/mol. The molecule has 10 heteroatoms. The maximum absolute atomic E-state index is 14.8. The minimum atomic E-state index is -3.19. The number of thiazole rings is 1. The summed E-state index contributed by atoms with van der Waals surface area (Å²) in [5.74, 6) is -4.67. The van der Waals surface area contributed by atoms with Crippen LogP contribution in [0.3, 0.4) is 0 Å². The predicted octanol–water partition coefficient (Wildman–Crippen LogP) is 2.42. The molecule has 4 N–H and O–H groups in total. The Labute approximate surface area is 168 Å². The number of alkyl halides is 2. The molecule has 0 aliphatic heterocycles. The minimum absolute atomic E-state index is 0.00554. The van der Waals surface area contributed by atoms with Gasteiger partial charge in [-0.25, -0.2) is 13.8 Å². The molecular formula is C19H19F2N3O4S. The van der Waals surface area contributed by atoms with Gasteiger partial charge in [-0.15, -0.1) is 11.3 Å². The zero-order valence-corrected chi connectivity index (χ0v) is 16.5. The van der Waals surface area contributed by atoms with Crippen molar-refractivity contribution < 1.29 is 27.9 Å². The quantitative estimate of drug-likeness (QED) is 0.539. The molecule has 0 fully saturated rings. The number of aliphatic hydroxyl groups excluding tert-OH is 1. The molecule has 29 heavy (non-hydrogen) atoms. The second kappa shape index (κ2) is 7.88. The first kappa shape index (κ1) is 20.9. The number of primary amides is 1. The molecular weight excluding hydrogens is 404 g/mol. The fraction of sp³-hybridized carbons (Fsp3) is 0.316. The molecule has 0 aliphatic rings. The maximum atomic E-state index is 14.8. The number of benzene rings is 1. The average molecular weight is 423 g/mol. The van der Waals surface area contributed by atoms with Crippen LogP contribution in [0.25, 0.3) is 11.0 Å². The summed E-state index contributed by atoms with van der Waals surface area (Å²) in [6.45, 7) is 2.56. The molecule has 2 aromatic heterocycles. The number of hydrogen-bond acceptors (Lipinski definition) is 6. The number of carbonyl (C=O) groups is 2. The highest BCUT2D eigenvalue weighted by atomic mass is 32.1. The fourth-order valence-electron chi connectivity index (χ4n) is 2.97.